The number of carbonyl (C=O) groups is 4. The Labute approximate surface area is 373 Å². The molecule has 6 bridgehead atoms. The fourth-order valence-electron chi connectivity index (χ4n) is 9.81. The molecule has 8 rings (SSSR count). The lowest BCUT2D eigenvalue weighted by Crippen LogP contribution is -2.62. The van der Waals surface area contributed by atoms with Gasteiger partial charge in [0.25, 0.3) is 5.91 Å². The van der Waals surface area contributed by atoms with Gasteiger partial charge in [-0.3, -0.25) is 24.4 Å². The van der Waals surface area contributed by atoms with Crippen LogP contribution < -0.4 is 10.7 Å². The summed E-state index contributed by atoms with van der Waals surface area (Å²) in [6, 6.07) is 7.60. The predicted molar refractivity (Wildman–Crippen MR) is 241 cm³/mol. The quantitative estimate of drug-likeness (QED) is 0.201. The van der Waals surface area contributed by atoms with Gasteiger partial charge in [0.15, 0.2) is 0 Å². The first kappa shape index (κ1) is 44.7. The second-order valence-electron chi connectivity index (χ2n) is 19.0. The number of aryl methyl sites for hydroxylation is 1. The lowest BCUT2D eigenvalue weighted by atomic mass is 9.84. The van der Waals surface area contributed by atoms with Gasteiger partial charge in [-0.1, -0.05) is 33.8 Å². The molecule has 15 nitrogen and oxygen atoms in total. The molecule has 2 N–H and O–H groups in total. The van der Waals surface area contributed by atoms with Crippen molar-refractivity contribution in [1.29, 1.82) is 0 Å². The van der Waals surface area contributed by atoms with Crippen molar-refractivity contribution in [3.63, 3.8) is 0 Å². The number of aromatic nitrogens is 3. The fourth-order valence-corrected chi connectivity index (χ4v) is 10.7. The summed E-state index contributed by atoms with van der Waals surface area (Å²) in [4.78, 5) is 70.0. The van der Waals surface area contributed by atoms with Crippen LogP contribution in [-0.2, 0) is 48.0 Å². The Bertz CT molecular complexity index is 2370. The third-order valence-corrected chi connectivity index (χ3v) is 14.2. The minimum atomic E-state index is -1.04. The van der Waals surface area contributed by atoms with Gasteiger partial charge in [0.05, 0.1) is 48.0 Å². The molecule has 3 aromatic heterocycles. The number of likely N-dealkylation sites (tertiary alicyclic amines) is 1. The van der Waals surface area contributed by atoms with Gasteiger partial charge in [-0.25, -0.2) is 15.2 Å². The molecule has 7 heterocycles. The molecule has 338 valence electrons. The van der Waals surface area contributed by atoms with Gasteiger partial charge in [-0.05, 0) is 75.3 Å². The highest BCUT2D eigenvalue weighted by atomic mass is 32.1. The van der Waals surface area contributed by atoms with E-state index in [1.807, 2.05) is 32.2 Å². The normalized spacial score (nSPS) is 22.1. The number of cyclic esters (lactones) is 1. The summed E-state index contributed by atoms with van der Waals surface area (Å²) >= 11 is 1.43. The number of nitrogens with one attached hydrogen (secondary N) is 2. The first-order valence-electron chi connectivity index (χ1n) is 22.3. The number of rotatable bonds is 8. The van der Waals surface area contributed by atoms with Crippen LogP contribution in [0.15, 0.2) is 41.9 Å². The van der Waals surface area contributed by atoms with Crippen LogP contribution in [0.2, 0.25) is 0 Å². The Morgan fingerprint density at radius 3 is 2.62 bits per heavy atom. The predicted octanol–water partition coefficient (Wildman–Crippen LogP) is 6.00. The highest BCUT2D eigenvalue weighted by Crippen LogP contribution is 2.42. The van der Waals surface area contributed by atoms with E-state index in [0.29, 0.717) is 63.7 Å². The molecule has 63 heavy (non-hydrogen) atoms. The first-order chi connectivity index (χ1) is 30.1. The summed E-state index contributed by atoms with van der Waals surface area (Å²) in [5.41, 5.74) is 9.40. The van der Waals surface area contributed by atoms with Crippen molar-refractivity contribution in [2.45, 2.75) is 104 Å². The van der Waals surface area contributed by atoms with Crippen LogP contribution in [0.1, 0.15) is 83.2 Å². The molecule has 4 aromatic rings. The number of hydrazine groups is 1. The number of amides is 4. The standard InChI is InChI=1S/C47H62N8O7S/c1-9-54-37-15-14-30-20-32(37)33(41(54)31-12-10-17-48-39(31)29(4)60-8)22-46(5,6)25-62-44(58)34-13-11-18-55(51-34)43(57)35(21-38-49-36(30)23-63-38)50-42(56)40(28(2)3)52(7)45(59)53-19-16-47(24-53)26-61-27-47/h10,12,14-15,17,20,23,28-29,34-35,40,51H,9,11,13,16,18-19,21-22,24-27H2,1-8H3,(H,50,56)/t29-,34-,35-,40-/m0/s1. The van der Waals surface area contributed by atoms with Crippen LogP contribution in [0.5, 0.6) is 0 Å². The van der Waals surface area contributed by atoms with Gasteiger partial charge in [-0.15, -0.1) is 11.3 Å². The zero-order valence-electron chi connectivity index (χ0n) is 37.9. The number of nitrogens with zero attached hydrogens (tertiary/aromatic N) is 6. The number of thiazole rings is 1. The van der Waals surface area contributed by atoms with Gasteiger partial charge in [-0.2, -0.15) is 0 Å². The molecule has 4 aliphatic heterocycles. The van der Waals surface area contributed by atoms with E-state index in [1.165, 1.54) is 21.2 Å². The maximum Gasteiger partial charge on any atom is 0.324 e. The number of methoxy groups -OCH3 is 1. The number of carbonyl (C=O) groups excluding carboxylic acids is 4. The Balaban J connectivity index is 1.16. The van der Waals surface area contributed by atoms with E-state index < -0.39 is 35.4 Å². The Hall–Kier alpha value is -4.90. The zero-order valence-corrected chi connectivity index (χ0v) is 38.7. The Kier molecular flexibility index (Phi) is 12.7. The summed E-state index contributed by atoms with van der Waals surface area (Å²) < 4.78 is 19.7. The topological polar surface area (TPSA) is 160 Å². The number of benzene rings is 1. The summed E-state index contributed by atoms with van der Waals surface area (Å²) in [7, 11) is 3.35. The van der Waals surface area contributed by atoms with Crippen molar-refractivity contribution in [1.82, 2.24) is 40.1 Å². The number of urea groups is 1. The van der Waals surface area contributed by atoms with Gasteiger partial charge < -0.3 is 33.9 Å². The molecule has 0 aliphatic carbocycles. The van der Waals surface area contributed by atoms with Crippen molar-refractivity contribution >= 4 is 46.1 Å². The molecule has 3 fully saturated rings. The van der Waals surface area contributed by atoms with E-state index in [2.05, 4.69) is 60.3 Å². The number of hydrogen-bond donors (Lipinski definition) is 2. The van der Waals surface area contributed by atoms with Crippen LogP contribution in [0.4, 0.5) is 4.79 Å². The average molecular weight is 883 g/mol. The molecule has 4 amide bonds. The van der Waals surface area contributed by atoms with Crippen molar-refractivity contribution in [2.75, 3.05) is 53.6 Å². The zero-order chi connectivity index (χ0) is 44.8. The maximum absolute atomic E-state index is 14.6. The number of ether oxygens (including phenoxy) is 3. The third kappa shape index (κ3) is 8.83. The largest absolute Gasteiger partial charge is 0.464 e. The van der Waals surface area contributed by atoms with Crippen LogP contribution >= 0.6 is 11.3 Å². The summed E-state index contributed by atoms with van der Waals surface area (Å²) in [5.74, 6) is -1.51. The van der Waals surface area contributed by atoms with Crippen molar-refractivity contribution in [3.8, 4) is 22.5 Å². The molecule has 0 radical (unpaired) electrons. The maximum atomic E-state index is 14.6. The minimum Gasteiger partial charge on any atom is -0.464 e. The van der Waals surface area contributed by atoms with E-state index in [4.69, 9.17) is 24.2 Å². The third-order valence-electron chi connectivity index (χ3n) is 13.3. The number of fused-ring (bicyclic) bond motifs is 6. The molecule has 16 heteroatoms. The molecule has 0 saturated carbocycles. The first-order valence-corrected chi connectivity index (χ1v) is 23.2. The van der Waals surface area contributed by atoms with E-state index in [0.717, 1.165) is 51.1 Å². The Morgan fingerprint density at radius 1 is 1.13 bits per heavy atom. The molecule has 1 aromatic carbocycles. The fraction of sp³-hybridized carbons (Fsp3) is 0.574. The highest BCUT2D eigenvalue weighted by Gasteiger charge is 2.47. The molecule has 4 aliphatic rings. The molecular formula is C47H62N8O7S. The average Bonchev–Trinajstić information content (AvgIpc) is 4.01. The highest BCUT2D eigenvalue weighted by molar-refractivity contribution is 7.10. The lowest BCUT2D eigenvalue weighted by Gasteiger charge is -2.39. The molecular weight excluding hydrogens is 821 g/mol. The van der Waals surface area contributed by atoms with Crippen molar-refractivity contribution in [2.24, 2.45) is 16.7 Å². The number of esters is 1. The van der Waals surface area contributed by atoms with Gasteiger partial charge in [0.1, 0.15) is 18.1 Å². The van der Waals surface area contributed by atoms with Crippen LogP contribution in [-0.4, -0.2) is 125 Å². The lowest BCUT2D eigenvalue weighted by molar-refractivity contribution is -0.155. The van der Waals surface area contributed by atoms with Gasteiger partial charge >= 0.3 is 12.0 Å². The molecule has 4 atom stereocenters. The van der Waals surface area contributed by atoms with E-state index in [9.17, 15) is 19.2 Å². The summed E-state index contributed by atoms with van der Waals surface area (Å²) in [5, 5.41) is 8.22. The van der Waals surface area contributed by atoms with Gasteiger partial charge in [0.2, 0.25) is 5.91 Å². The molecule has 3 saturated heterocycles. The van der Waals surface area contributed by atoms with Crippen LogP contribution in [0, 0.1) is 16.7 Å². The van der Waals surface area contributed by atoms with Crippen LogP contribution in [0.25, 0.3) is 33.4 Å². The van der Waals surface area contributed by atoms with Crippen molar-refractivity contribution in [3.05, 3.63) is 58.2 Å². The summed E-state index contributed by atoms with van der Waals surface area (Å²) in [6.45, 7) is 15.8. The second kappa shape index (κ2) is 17.9. The van der Waals surface area contributed by atoms with E-state index in [-0.39, 0.29) is 42.4 Å². The monoisotopic (exact) mass is 882 g/mol. The van der Waals surface area contributed by atoms with E-state index >= 15 is 0 Å². The number of hydrogen-bond acceptors (Lipinski definition) is 11. The molecule has 1 spiro atoms. The molecule has 0 unspecified atom stereocenters. The minimum absolute atomic E-state index is 0.000502. The number of pyridine rings is 1. The Morgan fingerprint density at radius 2 is 1.92 bits per heavy atom. The smallest absolute Gasteiger partial charge is 0.324 e. The van der Waals surface area contributed by atoms with Crippen LogP contribution in [0.3, 0.4) is 0 Å². The summed E-state index contributed by atoms with van der Waals surface area (Å²) in [6.07, 6.45) is 4.17. The van der Waals surface area contributed by atoms with Crippen molar-refractivity contribution < 1.29 is 33.4 Å². The van der Waals surface area contributed by atoms with Gasteiger partial charge in [0, 0.05) is 91.2 Å². The van der Waals surface area contributed by atoms with E-state index in [1.54, 1.807) is 25.3 Å². The second-order valence-corrected chi connectivity index (χ2v) is 20.0. The number of likely N-dealkylation sites (N-methyl/N-ethyl adjacent to an activating group) is 1. The SMILES string of the molecule is CCn1c(-c2cccnc2[C@H](C)OC)c2c3cc(ccc31)-c1csc(n1)C[C@H](NC(=O)[C@H](C(C)C)N(C)C(=O)N1CCC3(COC3)C1)C(=O)N1CCC[C@H](N1)C(=O)OCC(C)(C)C2.